The number of rotatable bonds is 5. The number of nitrogens with zero attached hydrogens (tertiary/aromatic N) is 3. The number of hydrogen-bond donors (Lipinski definition) is 1. The van der Waals surface area contributed by atoms with Crippen molar-refractivity contribution in [1.29, 1.82) is 0 Å². The number of amides is 1. The van der Waals surface area contributed by atoms with Crippen LogP contribution in [-0.2, 0) is 13.1 Å². The van der Waals surface area contributed by atoms with Crippen molar-refractivity contribution in [2.45, 2.75) is 20.0 Å². The zero-order valence-corrected chi connectivity index (χ0v) is 16.6. The number of benzene rings is 1. The fourth-order valence-corrected chi connectivity index (χ4v) is 3.26. The van der Waals surface area contributed by atoms with E-state index in [9.17, 15) is 18.4 Å². The van der Waals surface area contributed by atoms with Gasteiger partial charge in [0.05, 0.1) is 40.9 Å². The molecule has 0 aliphatic carbocycles. The van der Waals surface area contributed by atoms with Crippen molar-refractivity contribution in [1.82, 2.24) is 19.9 Å². The maximum absolute atomic E-state index is 13.5. The predicted molar refractivity (Wildman–Crippen MR) is 112 cm³/mol. The topological polar surface area (TPSA) is 76.9 Å². The van der Waals surface area contributed by atoms with E-state index in [4.69, 9.17) is 0 Å². The summed E-state index contributed by atoms with van der Waals surface area (Å²) in [5.41, 5.74) is 1.98. The van der Waals surface area contributed by atoms with Crippen molar-refractivity contribution in [3.63, 3.8) is 0 Å². The fraction of sp³-hybridized carbons (Fsp3) is 0.130. The smallest absolute Gasteiger partial charge is 0.260 e. The van der Waals surface area contributed by atoms with Crippen molar-refractivity contribution >= 4 is 16.8 Å². The molecule has 0 aliphatic rings. The van der Waals surface area contributed by atoms with Gasteiger partial charge in [0.2, 0.25) is 0 Å². The molecule has 0 spiro atoms. The van der Waals surface area contributed by atoms with Gasteiger partial charge in [-0.1, -0.05) is 12.1 Å². The van der Waals surface area contributed by atoms with E-state index in [1.807, 2.05) is 6.07 Å². The van der Waals surface area contributed by atoms with Crippen LogP contribution >= 0.6 is 0 Å². The van der Waals surface area contributed by atoms with Crippen molar-refractivity contribution in [2.24, 2.45) is 0 Å². The molecule has 1 N–H and O–H groups in total. The molecule has 4 aromatic rings. The molecule has 0 radical (unpaired) electrons. The van der Waals surface area contributed by atoms with E-state index in [0.717, 1.165) is 12.1 Å². The van der Waals surface area contributed by atoms with Gasteiger partial charge in [0.25, 0.3) is 11.5 Å². The summed E-state index contributed by atoms with van der Waals surface area (Å²) in [7, 11) is 0. The third-order valence-corrected chi connectivity index (χ3v) is 4.88. The van der Waals surface area contributed by atoms with Gasteiger partial charge in [-0.15, -0.1) is 0 Å². The Morgan fingerprint density at radius 3 is 2.68 bits per heavy atom. The number of fused-ring (bicyclic) bond motifs is 1. The zero-order chi connectivity index (χ0) is 22.0. The van der Waals surface area contributed by atoms with E-state index in [1.165, 1.54) is 16.7 Å². The molecule has 3 aromatic heterocycles. The molecule has 0 saturated heterocycles. The van der Waals surface area contributed by atoms with E-state index >= 15 is 0 Å². The van der Waals surface area contributed by atoms with Crippen LogP contribution in [0.25, 0.3) is 10.9 Å². The van der Waals surface area contributed by atoms with E-state index in [2.05, 4.69) is 15.3 Å². The van der Waals surface area contributed by atoms with Gasteiger partial charge in [-0.2, -0.15) is 0 Å². The van der Waals surface area contributed by atoms with Crippen LogP contribution in [0.3, 0.4) is 0 Å². The summed E-state index contributed by atoms with van der Waals surface area (Å²) in [4.78, 5) is 34.2. The highest BCUT2D eigenvalue weighted by Gasteiger charge is 2.14. The summed E-state index contributed by atoms with van der Waals surface area (Å²) in [6.45, 7) is 2.00. The number of hydrogen-bond acceptors (Lipinski definition) is 4. The zero-order valence-electron chi connectivity index (χ0n) is 16.6. The number of aryl methyl sites for hydroxylation is 1. The highest BCUT2D eigenvalue weighted by atomic mass is 19.2. The Bertz CT molecular complexity index is 1340. The Hall–Kier alpha value is -3.94. The van der Waals surface area contributed by atoms with Gasteiger partial charge >= 0.3 is 0 Å². The second kappa shape index (κ2) is 8.43. The molecule has 3 heterocycles. The summed E-state index contributed by atoms with van der Waals surface area (Å²) in [6.07, 6.45) is 3.18. The van der Waals surface area contributed by atoms with E-state index in [1.54, 1.807) is 37.5 Å². The third-order valence-electron chi connectivity index (χ3n) is 4.88. The lowest BCUT2D eigenvalue weighted by molar-refractivity contribution is 0.0949. The molecule has 0 unspecified atom stereocenters. The Kier molecular flexibility index (Phi) is 5.53. The van der Waals surface area contributed by atoms with Crippen molar-refractivity contribution in [3.05, 3.63) is 105 Å². The Morgan fingerprint density at radius 1 is 1.10 bits per heavy atom. The lowest BCUT2D eigenvalue weighted by Crippen LogP contribution is -2.26. The predicted octanol–water partition coefficient (Wildman–Crippen LogP) is 3.36. The molecule has 0 fully saturated rings. The molecule has 31 heavy (non-hydrogen) atoms. The van der Waals surface area contributed by atoms with Crippen LogP contribution in [0.4, 0.5) is 8.78 Å². The maximum atomic E-state index is 13.5. The highest BCUT2D eigenvalue weighted by Crippen LogP contribution is 2.15. The SMILES string of the molecule is Cc1nc2ccn(Cc3ccc(F)c(F)c3)c(=O)c2cc1C(=O)NCc1ccccn1. The summed E-state index contributed by atoms with van der Waals surface area (Å²) in [5.74, 6) is -2.29. The Balaban J connectivity index is 1.64. The van der Waals surface area contributed by atoms with Gasteiger partial charge in [0, 0.05) is 12.4 Å². The van der Waals surface area contributed by atoms with Gasteiger partial charge in [0.1, 0.15) is 0 Å². The minimum absolute atomic E-state index is 0.0566. The number of aromatic nitrogens is 3. The van der Waals surface area contributed by atoms with E-state index in [0.29, 0.717) is 22.5 Å². The third kappa shape index (κ3) is 4.32. The lowest BCUT2D eigenvalue weighted by Gasteiger charge is -2.11. The quantitative estimate of drug-likeness (QED) is 0.537. The van der Waals surface area contributed by atoms with Crippen LogP contribution in [0.5, 0.6) is 0 Å². The molecule has 156 valence electrons. The Morgan fingerprint density at radius 2 is 1.94 bits per heavy atom. The first-order valence-corrected chi connectivity index (χ1v) is 9.55. The monoisotopic (exact) mass is 420 g/mol. The van der Waals surface area contributed by atoms with E-state index in [-0.39, 0.29) is 35.5 Å². The van der Waals surface area contributed by atoms with Gasteiger partial charge < -0.3 is 9.88 Å². The number of halogens is 2. The van der Waals surface area contributed by atoms with Crippen LogP contribution in [0.15, 0.2) is 65.7 Å². The van der Waals surface area contributed by atoms with Gasteiger partial charge in [-0.3, -0.25) is 19.6 Å². The average molecular weight is 420 g/mol. The van der Waals surface area contributed by atoms with Crippen LogP contribution in [0.1, 0.15) is 27.3 Å². The molecule has 0 bridgehead atoms. The van der Waals surface area contributed by atoms with Crippen LogP contribution in [0.2, 0.25) is 0 Å². The molecule has 1 aromatic carbocycles. The minimum atomic E-state index is -0.976. The van der Waals surface area contributed by atoms with Gasteiger partial charge in [-0.05, 0) is 48.9 Å². The van der Waals surface area contributed by atoms with E-state index < -0.39 is 11.6 Å². The largest absolute Gasteiger partial charge is 0.346 e. The second-order valence-electron chi connectivity index (χ2n) is 7.06. The van der Waals surface area contributed by atoms with Crippen molar-refractivity contribution < 1.29 is 13.6 Å². The first kappa shape index (κ1) is 20.3. The summed E-state index contributed by atoms with van der Waals surface area (Å²) in [6, 6.07) is 12.1. The Labute approximate surface area is 176 Å². The van der Waals surface area contributed by atoms with Gasteiger partial charge in [-0.25, -0.2) is 8.78 Å². The maximum Gasteiger partial charge on any atom is 0.260 e. The molecular formula is C23H18F2N4O2. The molecule has 0 aliphatic heterocycles. The standard InChI is InChI=1S/C23H18F2N4O2/c1-14-17(22(30)27-12-16-4-2-3-8-26-16)11-18-21(28-14)7-9-29(23(18)31)13-15-5-6-19(24)20(25)10-15/h2-11H,12-13H2,1H3,(H,27,30). The first-order chi connectivity index (χ1) is 14.9. The number of nitrogens with one attached hydrogen (secondary N) is 1. The van der Waals surface area contributed by atoms with Crippen LogP contribution < -0.4 is 10.9 Å². The average Bonchev–Trinajstić information content (AvgIpc) is 2.77. The molecule has 8 heteroatoms. The number of carbonyl (C=O) groups is 1. The number of pyridine rings is 3. The molecule has 0 atom stereocenters. The normalized spacial score (nSPS) is 10.9. The molecule has 0 saturated carbocycles. The highest BCUT2D eigenvalue weighted by molar-refractivity contribution is 5.98. The molecule has 1 amide bonds. The number of carbonyl (C=O) groups excluding carboxylic acids is 1. The van der Waals surface area contributed by atoms with Crippen LogP contribution in [-0.4, -0.2) is 20.4 Å². The minimum Gasteiger partial charge on any atom is -0.346 e. The van der Waals surface area contributed by atoms with Crippen molar-refractivity contribution in [2.75, 3.05) is 0 Å². The second-order valence-corrected chi connectivity index (χ2v) is 7.06. The van der Waals surface area contributed by atoms with Crippen molar-refractivity contribution in [3.8, 4) is 0 Å². The summed E-state index contributed by atoms with van der Waals surface area (Å²) < 4.78 is 28.0. The molecule has 4 rings (SSSR count). The molecular weight excluding hydrogens is 402 g/mol. The fourth-order valence-electron chi connectivity index (χ4n) is 3.26. The lowest BCUT2D eigenvalue weighted by atomic mass is 10.1. The first-order valence-electron chi connectivity index (χ1n) is 9.55. The van der Waals surface area contributed by atoms with Gasteiger partial charge in [0.15, 0.2) is 11.6 Å². The summed E-state index contributed by atoms with van der Waals surface area (Å²) >= 11 is 0. The van der Waals surface area contributed by atoms with Crippen LogP contribution in [0, 0.1) is 18.6 Å². The molecule has 6 nitrogen and oxygen atoms in total. The summed E-state index contributed by atoms with van der Waals surface area (Å²) in [5, 5.41) is 3.04.